The Labute approximate surface area is 200 Å². The maximum absolute atomic E-state index is 13.6. The van der Waals surface area contributed by atoms with Crippen molar-refractivity contribution in [2.45, 2.75) is 17.2 Å². The summed E-state index contributed by atoms with van der Waals surface area (Å²) in [5, 5.41) is 5.17. The summed E-state index contributed by atoms with van der Waals surface area (Å²) in [5.41, 5.74) is -1.85. The van der Waals surface area contributed by atoms with Crippen molar-refractivity contribution in [3.63, 3.8) is 0 Å². The Kier molecular flexibility index (Phi) is 6.31. The number of sulfonamides is 1. The van der Waals surface area contributed by atoms with Gasteiger partial charge >= 0.3 is 12.4 Å². The second-order valence-corrected chi connectivity index (χ2v) is 9.10. The van der Waals surface area contributed by atoms with Crippen LogP contribution in [0.15, 0.2) is 77.8 Å². The lowest BCUT2D eigenvalue weighted by atomic mass is 10.0. The van der Waals surface area contributed by atoms with Gasteiger partial charge in [-0.25, -0.2) is 23.5 Å². The first-order chi connectivity index (χ1) is 16.7. The third kappa shape index (κ3) is 5.52. The van der Waals surface area contributed by atoms with Crippen molar-refractivity contribution < 1.29 is 34.8 Å². The average molecular weight is 524 g/mol. The van der Waals surface area contributed by atoms with E-state index in [4.69, 9.17) is 5.14 Å². The standard InChI is InChI=1S/C23H14F6N4O2S/c24-22(25,26)19-8-7-16(12-31-19)18-11-20(23(27,28)29)33-21(32-18)15-5-1-3-13(9-15)14-4-2-6-17(10-14)36(30,34)35/h1-12H,(H2,30,34,35). The van der Waals surface area contributed by atoms with Gasteiger partial charge < -0.3 is 0 Å². The van der Waals surface area contributed by atoms with Crippen molar-refractivity contribution in [3.8, 4) is 33.8 Å². The number of hydrogen-bond donors (Lipinski definition) is 1. The molecule has 6 nitrogen and oxygen atoms in total. The Hall–Kier alpha value is -3.84. The molecule has 0 radical (unpaired) electrons. The van der Waals surface area contributed by atoms with E-state index in [0.717, 1.165) is 12.3 Å². The third-order valence-corrected chi connectivity index (χ3v) is 5.89. The number of hydrogen-bond acceptors (Lipinski definition) is 5. The highest BCUT2D eigenvalue weighted by Gasteiger charge is 2.35. The zero-order valence-corrected chi connectivity index (χ0v) is 18.7. The Morgan fingerprint density at radius 1 is 0.667 bits per heavy atom. The quantitative estimate of drug-likeness (QED) is 0.353. The molecule has 36 heavy (non-hydrogen) atoms. The van der Waals surface area contributed by atoms with Gasteiger partial charge in [0.05, 0.1) is 10.6 Å². The first kappa shape index (κ1) is 25.3. The van der Waals surface area contributed by atoms with E-state index in [-0.39, 0.29) is 27.5 Å². The molecule has 0 amide bonds. The molecule has 2 heterocycles. The molecule has 4 rings (SSSR count). The molecule has 0 aliphatic heterocycles. The Morgan fingerprint density at radius 3 is 1.86 bits per heavy atom. The van der Waals surface area contributed by atoms with E-state index in [1.165, 1.54) is 36.4 Å². The van der Waals surface area contributed by atoms with Crippen molar-refractivity contribution >= 4 is 10.0 Å². The monoisotopic (exact) mass is 524 g/mol. The summed E-state index contributed by atoms with van der Waals surface area (Å²) in [6, 6.07) is 13.9. The van der Waals surface area contributed by atoms with Crippen LogP contribution < -0.4 is 5.14 Å². The van der Waals surface area contributed by atoms with Crippen LogP contribution in [0.1, 0.15) is 11.4 Å². The van der Waals surface area contributed by atoms with Crippen molar-refractivity contribution in [2.24, 2.45) is 5.14 Å². The summed E-state index contributed by atoms with van der Waals surface area (Å²) in [4.78, 5) is 10.8. The highest BCUT2D eigenvalue weighted by atomic mass is 32.2. The van der Waals surface area contributed by atoms with Crippen LogP contribution in [0.3, 0.4) is 0 Å². The first-order valence-corrected chi connectivity index (χ1v) is 11.5. The topological polar surface area (TPSA) is 98.8 Å². The highest BCUT2D eigenvalue weighted by Crippen LogP contribution is 2.34. The number of pyridine rings is 1. The fourth-order valence-electron chi connectivity index (χ4n) is 3.27. The van der Waals surface area contributed by atoms with Crippen LogP contribution in [-0.4, -0.2) is 23.4 Å². The van der Waals surface area contributed by atoms with Gasteiger partial charge in [-0.05, 0) is 47.5 Å². The molecular formula is C23H14F6N4O2S. The maximum atomic E-state index is 13.6. The van der Waals surface area contributed by atoms with Crippen LogP contribution in [0.25, 0.3) is 33.8 Å². The van der Waals surface area contributed by atoms with Crippen LogP contribution in [0.4, 0.5) is 26.3 Å². The van der Waals surface area contributed by atoms with Gasteiger partial charge in [-0.2, -0.15) is 26.3 Å². The lowest BCUT2D eigenvalue weighted by Crippen LogP contribution is -2.11. The molecule has 186 valence electrons. The van der Waals surface area contributed by atoms with Gasteiger partial charge in [0.25, 0.3) is 0 Å². The van der Waals surface area contributed by atoms with Crippen LogP contribution in [0.5, 0.6) is 0 Å². The molecule has 2 aromatic heterocycles. The van der Waals surface area contributed by atoms with E-state index in [2.05, 4.69) is 15.0 Å². The minimum Gasteiger partial charge on any atom is -0.251 e. The average Bonchev–Trinajstić information content (AvgIpc) is 2.82. The van der Waals surface area contributed by atoms with E-state index >= 15 is 0 Å². The van der Waals surface area contributed by atoms with Crippen molar-refractivity contribution in [1.82, 2.24) is 15.0 Å². The number of nitrogens with two attached hydrogens (primary N) is 1. The van der Waals surface area contributed by atoms with Crippen LogP contribution in [0.2, 0.25) is 0 Å². The minimum absolute atomic E-state index is 0.0749. The van der Waals surface area contributed by atoms with Gasteiger partial charge in [-0.1, -0.05) is 30.3 Å². The molecular weight excluding hydrogens is 510 g/mol. The molecule has 0 unspecified atom stereocenters. The molecule has 0 atom stereocenters. The lowest BCUT2D eigenvalue weighted by Gasteiger charge is -2.12. The number of halogens is 6. The molecule has 2 N–H and O–H groups in total. The zero-order chi connectivity index (χ0) is 26.3. The number of rotatable bonds is 4. The Balaban J connectivity index is 1.82. The SMILES string of the molecule is NS(=O)(=O)c1cccc(-c2cccc(-c3nc(-c4ccc(C(F)(F)F)nc4)cc(C(F)(F)F)n3)c2)c1. The number of alkyl halides is 6. The first-order valence-electron chi connectivity index (χ1n) is 9.95. The van der Waals surface area contributed by atoms with Gasteiger partial charge in [-0.3, -0.25) is 4.98 Å². The smallest absolute Gasteiger partial charge is 0.251 e. The predicted molar refractivity (Wildman–Crippen MR) is 118 cm³/mol. The van der Waals surface area contributed by atoms with Gasteiger partial charge in [0.1, 0.15) is 11.4 Å². The molecule has 0 saturated heterocycles. The summed E-state index contributed by atoms with van der Waals surface area (Å²) >= 11 is 0. The largest absolute Gasteiger partial charge is 0.433 e. The van der Waals surface area contributed by atoms with E-state index in [0.29, 0.717) is 23.3 Å². The molecule has 0 saturated carbocycles. The van der Waals surface area contributed by atoms with Gasteiger partial charge in [0.15, 0.2) is 5.82 Å². The Bertz CT molecular complexity index is 1540. The van der Waals surface area contributed by atoms with Crippen LogP contribution in [-0.2, 0) is 22.4 Å². The highest BCUT2D eigenvalue weighted by molar-refractivity contribution is 7.89. The number of benzene rings is 2. The summed E-state index contributed by atoms with van der Waals surface area (Å²) < 4.78 is 103. The number of aromatic nitrogens is 3. The molecule has 13 heteroatoms. The molecule has 0 aliphatic carbocycles. The van der Waals surface area contributed by atoms with Gasteiger partial charge in [-0.15, -0.1) is 0 Å². The minimum atomic E-state index is -4.87. The normalized spacial score (nSPS) is 12.5. The van der Waals surface area contributed by atoms with Crippen molar-refractivity contribution in [2.75, 3.05) is 0 Å². The summed E-state index contributed by atoms with van der Waals surface area (Å²) in [5.74, 6) is -0.343. The maximum Gasteiger partial charge on any atom is 0.433 e. The van der Waals surface area contributed by atoms with E-state index in [9.17, 15) is 34.8 Å². The summed E-state index contributed by atoms with van der Waals surface area (Å²) in [7, 11) is -3.99. The predicted octanol–water partition coefficient (Wildman–Crippen LogP) is 5.56. The molecule has 2 aromatic carbocycles. The number of nitrogens with zero attached hydrogens (tertiary/aromatic N) is 3. The number of primary sulfonamides is 1. The third-order valence-electron chi connectivity index (χ3n) is 4.98. The fraction of sp³-hybridized carbons (Fsp3) is 0.0870. The fourth-order valence-corrected chi connectivity index (χ4v) is 3.83. The Morgan fingerprint density at radius 2 is 1.28 bits per heavy atom. The molecule has 0 bridgehead atoms. The van der Waals surface area contributed by atoms with E-state index in [1.807, 2.05) is 0 Å². The van der Waals surface area contributed by atoms with E-state index in [1.54, 1.807) is 12.1 Å². The second kappa shape index (κ2) is 8.99. The molecule has 4 aromatic rings. The molecule has 0 spiro atoms. The molecule has 0 aliphatic rings. The van der Waals surface area contributed by atoms with Crippen molar-refractivity contribution in [1.29, 1.82) is 0 Å². The van der Waals surface area contributed by atoms with Crippen LogP contribution >= 0.6 is 0 Å². The van der Waals surface area contributed by atoms with E-state index < -0.39 is 33.8 Å². The van der Waals surface area contributed by atoms with Crippen molar-refractivity contribution in [3.05, 3.63) is 84.3 Å². The van der Waals surface area contributed by atoms with Gasteiger partial charge in [0.2, 0.25) is 10.0 Å². The zero-order valence-electron chi connectivity index (χ0n) is 17.8. The van der Waals surface area contributed by atoms with Gasteiger partial charge in [0, 0.05) is 17.3 Å². The summed E-state index contributed by atoms with van der Waals surface area (Å²) in [6.45, 7) is 0. The van der Waals surface area contributed by atoms with Crippen LogP contribution in [0, 0.1) is 0 Å². The lowest BCUT2D eigenvalue weighted by molar-refractivity contribution is -0.141. The molecule has 0 fully saturated rings. The second-order valence-electron chi connectivity index (χ2n) is 7.54. The summed E-state index contributed by atoms with van der Waals surface area (Å²) in [6.07, 6.45) is -8.80.